The highest BCUT2D eigenvalue weighted by Crippen LogP contribution is 2.24. The zero-order chi connectivity index (χ0) is 18.9. The molecule has 0 radical (unpaired) electrons. The summed E-state index contributed by atoms with van der Waals surface area (Å²) in [6.45, 7) is 2.72. The molecule has 140 valence electrons. The van der Waals surface area contributed by atoms with Crippen molar-refractivity contribution in [3.8, 4) is 5.82 Å². The number of anilines is 2. The van der Waals surface area contributed by atoms with Gasteiger partial charge in [0.2, 0.25) is 0 Å². The van der Waals surface area contributed by atoms with Crippen LogP contribution in [0.2, 0.25) is 0 Å². The van der Waals surface area contributed by atoms with Crippen LogP contribution in [0.25, 0.3) is 5.82 Å². The lowest BCUT2D eigenvalue weighted by molar-refractivity contribution is 0.597. The highest BCUT2D eigenvalue weighted by molar-refractivity contribution is 7.90. The average Bonchev–Trinajstić information content (AvgIpc) is 3.22. The van der Waals surface area contributed by atoms with Crippen molar-refractivity contribution in [1.29, 1.82) is 0 Å². The summed E-state index contributed by atoms with van der Waals surface area (Å²) in [4.78, 5) is 8.69. The number of rotatable bonds is 4. The van der Waals surface area contributed by atoms with E-state index in [-0.39, 0.29) is 4.90 Å². The van der Waals surface area contributed by atoms with Crippen LogP contribution in [0.1, 0.15) is 0 Å². The first-order valence-corrected chi connectivity index (χ1v) is 10.4. The molecule has 0 bridgehead atoms. The average molecular weight is 385 g/mol. The number of aromatic nitrogens is 5. The van der Waals surface area contributed by atoms with E-state index in [2.05, 4.69) is 25.2 Å². The van der Waals surface area contributed by atoms with Gasteiger partial charge in [-0.25, -0.2) is 18.1 Å². The molecular formula is C17H19N7O2S. The van der Waals surface area contributed by atoms with Crippen molar-refractivity contribution >= 4 is 21.5 Å². The van der Waals surface area contributed by atoms with E-state index >= 15 is 0 Å². The molecule has 4 heterocycles. The van der Waals surface area contributed by atoms with Crippen LogP contribution in [-0.4, -0.2) is 65.8 Å². The summed E-state index contributed by atoms with van der Waals surface area (Å²) in [5.74, 6) is 1.96. The number of pyridine rings is 1. The van der Waals surface area contributed by atoms with Gasteiger partial charge in [-0.15, -0.1) is 10.2 Å². The van der Waals surface area contributed by atoms with Crippen molar-refractivity contribution in [2.24, 2.45) is 0 Å². The number of hydrogen-bond acceptors (Lipinski definition) is 8. The van der Waals surface area contributed by atoms with Crippen LogP contribution < -0.4 is 9.80 Å². The minimum absolute atomic E-state index is 0.266. The van der Waals surface area contributed by atoms with Gasteiger partial charge in [-0.2, -0.15) is 5.10 Å². The molecule has 0 spiro atoms. The van der Waals surface area contributed by atoms with Crippen LogP contribution in [-0.2, 0) is 9.84 Å². The van der Waals surface area contributed by atoms with Gasteiger partial charge in [0.25, 0.3) is 0 Å². The zero-order valence-corrected chi connectivity index (χ0v) is 15.6. The quantitative estimate of drug-likeness (QED) is 0.650. The van der Waals surface area contributed by atoms with E-state index in [0.29, 0.717) is 37.8 Å². The Kier molecular flexibility index (Phi) is 4.48. The number of piperazine rings is 1. The van der Waals surface area contributed by atoms with Crippen molar-refractivity contribution in [1.82, 2.24) is 25.0 Å². The molecule has 9 nitrogen and oxygen atoms in total. The van der Waals surface area contributed by atoms with Crippen molar-refractivity contribution in [3.05, 3.63) is 48.9 Å². The predicted octanol–water partition coefficient (Wildman–Crippen LogP) is 0.787. The summed E-state index contributed by atoms with van der Waals surface area (Å²) in [7, 11) is -3.32. The lowest BCUT2D eigenvalue weighted by Gasteiger charge is -2.36. The molecular weight excluding hydrogens is 366 g/mol. The van der Waals surface area contributed by atoms with Crippen molar-refractivity contribution in [3.63, 3.8) is 0 Å². The summed E-state index contributed by atoms with van der Waals surface area (Å²) >= 11 is 0. The Morgan fingerprint density at radius 1 is 0.889 bits per heavy atom. The largest absolute Gasteiger partial charge is 0.352 e. The third-order valence-corrected chi connectivity index (χ3v) is 5.55. The highest BCUT2D eigenvalue weighted by atomic mass is 32.2. The van der Waals surface area contributed by atoms with Crippen molar-refractivity contribution in [2.75, 3.05) is 42.2 Å². The first-order valence-electron chi connectivity index (χ1n) is 8.51. The Balaban J connectivity index is 1.47. The molecule has 1 saturated heterocycles. The van der Waals surface area contributed by atoms with Gasteiger partial charge in [0.15, 0.2) is 21.5 Å². The van der Waals surface area contributed by atoms with Gasteiger partial charge in [0.05, 0.1) is 0 Å². The highest BCUT2D eigenvalue weighted by Gasteiger charge is 2.24. The molecule has 3 aromatic heterocycles. The second-order valence-electron chi connectivity index (χ2n) is 6.27. The zero-order valence-electron chi connectivity index (χ0n) is 14.8. The Bertz CT molecular complexity index is 1010. The molecule has 0 N–H and O–H groups in total. The van der Waals surface area contributed by atoms with Gasteiger partial charge in [0.1, 0.15) is 10.7 Å². The molecule has 0 unspecified atom stereocenters. The van der Waals surface area contributed by atoms with E-state index in [1.807, 2.05) is 29.3 Å². The Hall–Kier alpha value is -3.01. The fourth-order valence-corrected chi connectivity index (χ4v) is 3.91. The third kappa shape index (κ3) is 3.61. The summed E-state index contributed by atoms with van der Waals surface area (Å²) < 4.78 is 25.7. The minimum Gasteiger partial charge on any atom is -0.352 e. The van der Waals surface area contributed by atoms with Gasteiger partial charge in [-0.3, -0.25) is 0 Å². The molecule has 0 aromatic carbocycles. The van der Waals surface area contributed by atoms with Crippen LogP contribution in [0.5, 0.6) is 0 Å². The standard InChI is InChI=1S/C17H19N7O2S/c1-27(25,26)14-4-2-7-18-17(14)23-12-10-22(11-13-23)15-5-6-16(21-20-15)24-9-3-8-19-24/h2-9H,10-13H2,1H3. The summed E-state index contributed by atoms with van der Waals surface area (Å²) in [6, 6.07) is 8.87. The lowest BCUT2D eigenvalue weighted by Crippen LogP contribution is -2.47. The van der Waals surface area contributed by atoms with Crippen LogP contribution >= 0.6 is 0 Å². The van der Waals surface area contributed by atoms with Gasteiger partial charge < -0.3 is 9.80 Å². The summed E-state index contributed by atoms with van der Waals surface area (Å²) in [6.07, 6.45) is 6.34. The summed E-state index contributed by atoms with van der Waals surface area (Å²) in [5, 5.41) is 12.7. The topological polar surface area (TPSA) is 97.1 Å². The maximum atomic E-state index is 12.0. The molecule has 0 aliphatic carbocycles. The van der Waals surface area contributed by atoms with E-state index < -0.39 is 9.84 Å². The van der Waals surface area contributed by atoms with Gasteiger partial charge >= 0.3 is 0 Å². The second-order valence-corrected chi connectivity index (χ2v) is 8.26. The fraction of sp³-hybridized carbons (Fsp3) is 0.294. The molecule has 1 aliphatic rings. The SMILES string of the molecule is CS(=O)(=O)c1cccnc1N1CCN(c2ccc(-n3cccn3)nn2)CC1. The van der Waals surface area contributed by atoms with Crippen molar-refractivity contribution < 1.29 is 8.42 Å². The normalized spacial score (nSPS) is 15.1. The Morgan fingerprint density at radius 2 is 1.59 bits per heavy atom. The monoisotopic (exact) mass is 385 g/mol. The molecule has 1 fully saturated rings. The van der Waals surface area contributed by atoms with Crippen molar-refractivity contribution in [2.45, 2.75) is 4.90 Å². The first-order chi connectivity index (χ1) is 13.0. The number of sulfone groups is 1. The van der Waals surface area contributed by atoms with E-state index in [9.17, 15) is 8.42 Å². The van der Waals surface area contributed by atoms with Gasteiger partial charge in [-0.05, 0) is 30.3 Å². The molecule has 27 heavy (non-hydrogen) atoms. The Morgan fingerprint density at radius 3 is 2.22 bits per heavy atom. The van der Waals surface area contributed by atoms with E-state index in [1.165, 1.54) is 6.26 Å². The fourth-order valence-electron chi connectivity index (χ4n) is 3.07. The Labute approximate surface area is 157 Å². The van der Waals surface area contributed by atoms with E-state index in [0.717, 1.165) is 5.82 Å². The van der Waals surface area contributed by atoms with Crippen LogP contribution in [0.3, 0.4) is 0 Å². The molecule has 3 aromatic rings. The van der Waals surface area contributed by atoms with E-state index in [1.54, 1.807) is 29.2 Å². The number of nitrogens with zero attached hydrogens (tertiary/aromatic N) is 7. The molecule has 4 rings (SSSR count). The lowest BCUT2D eigenvalue weighted by atomic mass is 10.3. The smallest absolute Gasteiger partial charge is 0.179 e. The maximum Gasteiger partial charge on any atom is 0.179 e. The molecule has 10 heteroatoms. The van der Waals surface area contributed by atoms with Crippen LogP contribution in [0.4, 0.5) is 11.6 Å². The number of hydrogen-bond donors (Lipinski definition) is 0. The van der Waals surface area contributed by atoms with E-state index in [4.69, 9.17) is 0 Å². The molecule has 0 amide bonds. The van der Waals surface area contributed by atoms with Gasteiger partial charge in [-0.1, -0.05) is 0 Å². The van der Waals surface area contributed by atoms with Crippen LogP contribution in [0, 0.1) is 0 Å². The predicted molar refractivity (Wildman–Crippen MR) is 101 cm³/mol. The third-order valence-electron chi connectivity index (χ3n) is 4.43. The van der Waals surface area contributed by atoms with Crippen LogP contribution in [0.15, 0.2) is 53.8 Å². The maximum absolute atomic E-state index is 12.0. The summed E-state index contributed by atoms with van der Waals surface area (Å²) in [5.41, 5.74) is 0. The second kappa shape index (κ2) is 6.95. The first kappa shape index (κ1) is 17.4. The molecule has 0 atom stereocenters. The molecule has 0 saturated carbocycles. The molecule has 1 aliphatic heterocycles. The van der Waals surface area contributed by atoms with Gasteiger partial charge in [0, 0.05) is 51.0 Å². The minimum atomic E-state index is -3.32.